The molecule has 0 aromatic heterocycles. The summed E-state index contributed by atoms with van der Waals surface area (Å²) in [6.07, 6.45) is -7.25. The number of aliphatic carboxylic acids is 1. The number of Topliss-reactive ketones (excluding diaryl/α,β-unsaturated/α-hetero) is 1. The molecule has 5 N–H and O–H groups in total. The van der Waals surface area contributed by atoms with Crippen LogP contribution in [-0.4, -0.2) is 65.9 Å². The Kier molecular flexibility index (Phi) is 5.61. The van der Waals surface area contributed by atoms with Gasteiger partial charge in [-0.1, -0.05) is 0 Å². The van der Waals surface area contributed by atoms with Gasteiger partial charge in [-0.15, -0.1) is 0 Å². The highest BCUT2D eigenvalue weighted by Crippen LogP contribution is 2.21. The molecule has 11 nitrogen and oxygen atoms in total. The van der Waals surface area contributed by atoms with Crippen molar-refractivity contribution < 1.29 is 42.9 Å². The molecule has 0 spiro atoms. The summed E-state index contributed by atoms with van der Waals surface area (Å²) in [4.78, 5) is 33.6. The largest absolute Gasteiger partial charge is 0.479 e. The molecule has 1 fully saturated rings. The van der Waals surface area contributed by atoms with Crippen LogP contribution in [0.2, 0.25) is 0 Å². The lowest BCUT2D eigenvalue weighted by Gasteiger charge is -2.34. The Morgan fingerprint density at radius 2 is 1.73 bits per heavy atom. The Morgan fingerprint density at radius 3 is 2.23 bits per heavy atom. The number of carbonyl (C=O) groups excluding carboxylic acids is 2. The second-order valence-electron chi connectivity index (χ2n) is 5.44. The number of hydrogen-bond donors (Lipinski definition) is 5. The van der Waals surface area contributed by atoms with Crippen LogP contribution in [0, 0.1) is 0 Å². The van der Waals surface area contributed by atoms with E-state index in [4.69, 9.17) is 9.84 Å². The number of amides is 1. The first kappa shape index (κ1) is 19.8. The number of benzene rings is 1. The Morgan fingerprint density at radius 1 is 1.15 bits per heavy atom. The predicted octanol–water partition coefficient (Wildman–Crippen LogP) is -1.98. The van der Waals surface area contributed by atoms with Gasteiger partial charge in [0.15, 0.2) is 12.3 Å². The number of ketones is 1. The summed E-state index contributed by atoms with van der Waals surface area (Å²) >= 11 is 0. The number of rotatable bonds is 5. The summed E-state index contributed by atoms with van der Waals surface area (Å²) < 4.78 is 30.4. The first-order chi connectivity index (χ1) is 12.0. The van der Waals surface area contributed by atoms with Crippen LogP contribution in [0.25, 0.3) is 0 Å². The van der Waals surface area contributed by atoms with E-state index >= 15 is 0 Å². The zero-order chi connectivity index (χ0) is 19.6. The van der Waals surface area contributed by atoms with Crippen molar-refractivity contribution in [2.75, 3.05) is 5.32 Å². The fourth-order valence-corrected chi connectivity index (χ4v) is 3.21. The van der Waals surface area contributed by atoms with Crippen molar-refractivity contribution >= 4 is 33.4 Å². The van der Waals surface area contributed by atoms with Gasteiger partial charge >= 0.3 is 5.97 Å². The number of carboxylic acids is 1. The maximum atomic E-state index is 11.9. The van der Waals surface area contributed by atoms with Crippen molar-refractivity contribution in [2.45, 2.75) is 36.4 Å². The SMILES string of the molecule is CC(=O)NS(=O)(=O)c1ccc(NC2OC(C(=O)O)C(O)C(O)C2=O)cc1. The molecule has 2 rings (SSSR count). The minimum atomic E-state index is -4.03. The summed E-state index contributed by atoms with van der Waals surface area (Å²) in [6, 6.07) is 4.78. The van der Waals surface area contributed by atoms with Crippen molar-refractivity contribution in [3.8, 4) is 0 Å². The highest BCUT2D eigenvalue weighted by atomic mass is 32.2. The van der Waals surface area contributed by atoms with E-state index in [1.807, 2.05) is 0 Å². The van der Waals surface area contributed by atoms with Crippen LogP contribution in [0.3, 0.4) is 0 Å². The van der Waals surface area contributed by atoms with E-state index in [9.17, 15) is 33.0 Å². The van der Waals surface area contributed by atoms with Crippen molar-refractivity contribution in [3.63, 3.8) is 0 Å². The molecule has 0 saturated carbocycles. The van der Waals surface area contributed by atoms with Crippen LogP contribution >= 0.6 is 0 Å². The van der Waals surface area contributed by atoms with Gasteiger partial charge in [-0.3, -0.25) is 9.59 Å². The maximum Gasteiger partial charge on any atom is 0.335 e. The van der Waals surface area contributed by atoms with Gasteiger partial charge in [-0.25, -0.2) is 17.9 Å². The van der Waals surface area contributed by atoms with E-state index in [0.717, 1.165) is 19.1 Å². The average molecular weight is 388 g/mol. The highest BCUT2D eigenvalue weighted by molar-refractivity contribution is 7.90. The van der Waals surface area contributed by atoms with Crippen LogP contribution in [-0.2, 0) is 29.1 Å². The number of hydrogen-bond acceptors (Lipinski definition) is 9. The quantitative estimate of drug-likeness (QED) is 0.379. The molecule has 142 valence electrons. The van der Waals surface area contributed by atoms with Gasteiger partial charge in [0.25, 0.3) is 10.0 Å². The van der Waals surface area contributed by atoms with E-state index < -0.39 is 52.2 Å². The lowest BCUT2D eigenvalue weighted by atomic mass is 9.99. The van der Waals surface area contributed by atoms with Crippen molar-refractivity contribution in [1.82, 2.24) is 4.72 Å². The number of carbonyl (C=O) groups is 3. The molecule has 0 radical (unpaired) electrons. The van der Waals surface area contributed by atoms with Crippen LogP contribution in [0.4, 0.5) is 5.69 Å². The molecule has 0 aliphatic carbocycles. The topological polar surface area (TPSA) is 179 Å². The van der Waals surface area contributed by atoms with E-state index in [1.54, 1.807) is 4.72 Å². The van der Waals surface area contributed by atoms with Crippen LogP contribution in [0.5, 0.6) is 0 Å². The molecule has 26 heavy (non-hydrogen) atoms. The smallest absolute Gasteiger partial charge is 0.335 e. The van der Waals surface area contributed by atoms with E-state index in [-0.39, 0.29) is 10.6 Å². The third-order valence-corrected chi connectivity index (χ3v) is 4.90. The van der Waals surface area contributed by atoms with Gasteiger partial charge < -0.3 is 25.4 Å². The average Bonchev–Trinajstić information content (AvgIpc) is 2.54. The Balaban J connectivity index is 2.16. The Bertz CT molecular complexity index is 821. The molecule has 12 heteroatoms. The number of nitrogens with one attached hydrogen (secondary N) is 2. The molecule has 4 atom stereocenters. The number of aliphatic hydroxyl groups excluding tert-OH is 2. The van der Waals surface area contributed by atoms with Gasteiger partial charge in [-0.05, 0) is 24.3 Å². The minimum Gasteiger partial charge on any atom is -0.479 e. The van der Waals surface area contributed by atoms with Crippen LogP contribution in [0.15, 0.2) is 29.2 Å². The van der Waals surface area contributed by atoms with E-state index in [0.29, 0.717) is 0 Å². The van der Waals surface area contributed by atoms with Gasteiger partial charge in [0.1, 0.15) is 12.2 Å². The molecular weight excluding hydrogens is 372 g/mol. The molecule has 4 unspecified atom stereocenters. The Labute approximate surface area is 147 Å². The lowest BCUT2D eigenvalue weighted by molar-refractivity contribution is -0.191. The monoisotopic (exact) mass is 388 g/mol. The lowest BCUT2D eigenvalue weighted by Crippen LogP contribution is -2.59. The van der Waals surface area contributed by atoms with Gasteiger partial charge in [0.05, 0.1) is 4.90 Å². The number of aliphatic hydroxyl groups is 2. The number of anilines is 1. The second kappa shape index (κ2) is 7.37. The van der Waals surface area contributed by atoms with Crippen molar-refractivity contribution in [3.05, 3.63) is 24.3 Å². The fourth-order valence-electron chi connectivity index (χ4n) is 2.22. The van der Waals surface area contributed by atoms with Crippen molar-refractivity contribution in [1.29, 1.82) is 0 Å². The normalized spacial score (nSPS) is 26.2. The zero-order valence-corrected chi connectivity index (χ0v) is 14.1. The first-order valence-electron chi connectivity index (χ1n) is 7.21. The first-order valence-corrected chi connectivity index (χ1v) is 8.69. The van der Waals surface area contributed by atoms with Gasteiger partial charge in [0, 0.05) is 12.6 Å². The molecule has 1 saturated heterocycles. The number of sulfonamides is 1. The molecular formula is C14H16N2O9S. The fraction of sp³-hybridized carbons (Fsp3) is 0.357. The van der Waals surface area contributed by atoms with Crippen molar-refractivity contribution in [2.24, 2.45) is 0 Å². The van der Waals surface area contributed by atoms with Crippen LogP contribution in [0.1, 0.15) is 6.92 Å². The molecule has 1 aliphatic heterocycles. The van der Waals surface area contributed by atoms with Gasteiger partial charge in [-0.2, -0.15) is 0 Å². The number of carboxylic acid groups (broad SMARTS) is 1. The third-order valence-electron chi connectivity index (χ3n) is 3.45. The van der Waals surface area contributed by atoms with E-state index in [2.05, 4.69) is 5.32 Å². The third kappa shape index (κ3) is 4.16. The second-order valence-corrected chi connectivity index (χ2v) is 7.13. The van der Waals surface area contributed by atoms with Crippen LogP contribution < -0.4 is 10.0 Å². The summed E-state index contributed by atoms with van der Waals surface area (Å²) in [6.45, 7) is 1.04. The molecule has 1 aromatic rings. The summed E-state index contributed by atoms with van der Waals surface area (Å²) in [5, 5.41) is 30.7. The summed E-state index contributed by atoms with van der Waals surface area (Å²) in [7, 11) is -4.03. The molecule has 0 bridgehead atoms. The predicted molar refractivity (Wildman–Crippen MR) is 84.4 cm³/mol. The molecule has 1 heterocycles. The molecule has 1 aliphatic rings. The highest BCUT2D eigenvalue weighted by Gasteiger charge is 2.46. The summed E-state index contributed by atoms with van der Waals surface area (Å²) in [5.41, 5.74) is 0.179. The zero-order valence-electron chi connectivity index (χ0n) is 13.3. The van der Waals surface area contributed by atoms with Gasteiger partial charge in [0.2, 0.25) is 11.7 Å². The minimum absolute atomic E-state index is 0.179. The number of ether oxygens (including phenoxy) is 1. The summed E-state index contributed by atoms with van der Waals surface area (Å²) in [5.74, 6) is -3.31. The molecule has 1 amide bonds. The van der Waals surface area contributed by atoms with E-state index in [1.165, 1.54) is 12.1 Å². The Hall–Kier alpha value is -2.54. The maximum absolute atomic E-state index is 11.9. The standard InChI is InChI=1S/C14H16N2O9S/c1-6(17)16-26(23,24)8-4-2-7(3-5-8)15-13-11(20)9(18)10(19)12(25-13)14(21)22/h2-5,9-10,12-13,15,18-19H,1H3,(H,16,17)(H,21,22). The molecule has 1 aromatic carbocycles.